The van der Waals surface area contributed by atoms with Gasteiger partial charge in [-0.05, 0) is 23.8 Å². The van der Waals surface area contributed by atoms with Crippen LogP contribution in [-0.4, -0.2) is 11.7 Å². The van der Waals surface area contributed by atoms with Crippen LogP contribution in [-0.2, 0) is 14.1 Å². The maximum atomic E-state index is 11.8. The summed E-state index contributed by atoms with van der Waals surface area (Å²) >= 11 is 0. The molecule has 2 rings (SSSR count). The molecule has 1 heterocycles. The van der Waals surface area contributed by atoms with Gasteiger partial charge in [0.2, 0.25) is 0 Å². The molecule has 1 aromatic heterocycles. The van der Waals surface area contributed by atoms with Crippen molar-refractivity contribution in [2.45, 2.75) is 0 Å². The largest absolute Gasteiger partial charge is 0.497 e. The molecule has 0 bridgehead atoms. The van der Waals surface area contributed by atoms with Crippen LogP contribution in [0.3, 0.4) is 0 Å². The smallest absolute Gasteiger partial charge is 0.497 e. The number of nitrogens with zero attached hydrogens (tertiary/aromatic N) is 2. The number of ether oxygens (including phenoxy) is 1. The fourth-order valence-electron chi connectivity index (χ4n) is 1.77. The first-order valence-corrected chi connectivity index (χ1v) is 5.99. The van der Waals surface area contributed by atoms with Crippen LogP contribution in [0, 0.1) is 0 Å². The third-order valence-corrected chi connectivity index (χ3v) is 3.01. The highest BCUT2D eigenvalue weighted by molar-refractivity contribution is 5.68. The van der Waals surface area contributed by atoms with Gasteiger partial charge < -0.3 is 4.74 Å². The Hall–Kier alpha value is -2.36. The molecule has 0 saturated carbocycles. The van der Waals surface area contributed by atoms with Crippen molar-refractivity contribution in [1.82, 2.24) is 4.57 Å². The maximum absolute atomic E-state index is 11.8. The molecule has 0 aliphatic carbocycles. The van der Waals surface area contributed by atoms with Crippen molar-refractivity contribution in [3.8, 4) is 5.75 Å². The van der Waals surface area contributed by atoms with Crippen molar-refractivity contribution in [1.29, 1.82) is 0 Å². The predicted octanol–water partition coefficient (Wildman–Crippen LogP) is 1.39. The van der Waals surface area contributed by atoms with Gasteiger partial charge in [-0.3, -0.25) is 0 Å². The third kappa shape index (κ3) is 2.91. The van der Waals surface area contributed by atoms with Crippen LogP contribution in [0.4, 0.5) is 0 Å². The molecule has 4 heteroatoms. The Morgan fingerprint density at radius 1 is 1.16 bits per heavy atom. The van der Waals surface area contributed by atoms with E-state index in [1.54, 1.807) is 36.5 Å². The summed E-state index contributed by atoms with van der Waals surface area (Å²) in [6, 6.07) is 9.65. The zero-order valence-electron chi connectivity index (χ0n) is 11.3. The van der Waals surface area contributed by atoms with E-state index in [9.17, 15) is 4.79 Å². The molecule has 0 spiro atoms. The fourth-order valence-corrected chi connectivity index (χ4v) is 1.77. The molecule has 0 amide bonds. The van der Waals surface area contributed by atoms with E-state index in [0.29, 0.717) is 0 Å². The predicted molar refractivity (Wildman–Crippen MR) is 74.8 cm³/mol. The molecule has 1 aromatic carbocycles. The van der Waals surface area contributed by atoms with E-state index in [4.69, 9.17) is 4.74 Å². The van der Waals surface area contributed by atoms with Crippen molar-refractivity contribution in [3.05, 3.63) is 58.3 Å². The minimum Gasteiger partial charge on any atom is -0.497 e. The number of hydrogen-bond acceptors (Lipinski definition) is 2. The van der Waals surface area contributed by atoms with Crippen molar-refractivity contribution in [2.75, 3.05) is 7.11 Å². The van der Waals surface area contributed by atoms with Crippen LogP contribution >= 0.6 is 0 Å². The number of aromatic nitrogens is 2. The van der Waals surface area contributed by atoms with Gasteiger partial charge in [0.1, 0.15) is 11.4 Å². The van der Waals surface area contributed by atoms with E-state index >= 15 is 0 Å². The first-order valence-electron chi connectivity index (χ1n) is 5.99. The van der Waals surface area contributed by atoms with Gasteiger partial charge in [-0.15, -0.1) is 0 Å². The lowest BCUT2D eigenvalue weighted by Gasteiger charge is -2.00. The van der Waals surface area contributed by atoms with Gasteiger partial charge in [0, 0.05) is 6.07 Å². The van der Waals surface area contributed by atoms with Gasteiger partial charge in [0.25, 0.3) is 0 Å². The van der Waals surface area contributed by atoms with Crippen molar-refractivity contribution in [3.63, 3.8) is 0 Å². The highest BCUT2D eigenvalue weighted by atomic mass is 16.5. The van der Waals surface area contributed by atoms with Gasteiger partial charge in [-0.2, -0.15) is 9.36 Å². The highest BCUT2D eigenvalue weighted by Crippen LogP contribution is 2.13. The van der Waals surface area contributed by atoms with Crippen LogP contribution < -0.4 is 15.0 Å². The van der Waals surface area contributed by atoms with Gasteiger partial charge in [0.05, 0.1) is 27.4 Å². The molecule has 19 heavy (non-hydrogen) atoms. The van der Waals surface area contributed by atoms with E-state index < -0.39 is 0 Å². The number of aryl methyl sites for hydroxylation is 1. The second-order valence-corrected chi connectivity index (χ2v) is 4.30. The number of benzene rings is 1. The average molecular weight is 257 g/mol. The normalized spacial score (nSPS) is 10.9. The quantitative estimate of drug-likeness (QED) is 0.779. The van der Waals surface area contributed by atoms with Crippen LogP contribution in [0.25, 0.3) is 12.2 Å². The van der Waals surface area contributed by atoms with E-state index in [1.165, 1.54) is 0 Å². The maximum Gasteiger partial charge on any atom is 0.497 e. The first-order chi connectivity index (χ1) is 9.11. The summed E-state index contributed by atoms with van der Waals surface area (Å²) in [5, 5.41) is 0. The molecular weight excluding hydrogens is 240 g/mol. The Balaban J connectivity index is 2.27. The van der Waals surface area contributed by atoms with Crippen molar-refractivity contribution >= 4 is 12.2 Å². The second-order valence-electron chi connectivity index (χ2n) is 4.30. The van der Waals surface area contributed by atoms with Crippen molar-refractivity contribution in [2.24, 2.45) is 14.1 Å². The van der Waals surface area contributed by atoms with E-state index in [2.05, 4.69) is 0 Å². The lowest BCUT2D eigenvalue weighted by molar-refractivity contribution is -0.690. The fraction of sp³-hybridized carbons (Fsp3) is 0.200. The molecule has 98 valence electrons. The Morgan fingerprint density at radius 2 is 1.84 bits per heavy atom. The summed E-state index contributed by atoms with van der Waals surface area (Å²) in [6.45, 7) is 0. The zero-order valence-corrected chi connectivity index (χ0v) is 11.3. The van der Waals surface area contributed by atoms with Crippen LogP contribution in [0.5, 0.6) is 5.75 Å². The topological polar surface area (TPSA) is 35.1 Å². The van der Waals surface area contributed by atoms with Crippen LogP contribution in [0.1, 0.15) is 11.3 Å². The Morgan fingerprint density at radius 3 is 2.47 bits per heavy atom. The Labute approximate surface area is 112 Å². The minimum absolute atomic E-state index is 0.0446. The molecule has 0 radical (unpaired) electrons. The van der Waals surface area contributed by atoms with Crippen LogP contribution in [0.15, 0.2) is 41.3 Å². The number of rotatable bonds is 3. The molecule has 0 aliphatic heterocycles. The SMILES string of the molecule is COc1ccc(/C=C/c2cc[n+](C)c(=O)n2C)cc1. The molecule has 0 saturated heterocycles. The van der Waals surface area contributed by atoms with Crippen LogP contribution in [0.2, 0.25) is 0 Å². The molecule has 2 aromatic rings. The van der Waals surface area contributed by atoms with Crippen molar-refractivity contribution < 1.29 is 9.30 Å². The molecule has 0 unspecified atom stereocenters. The van der Waals surface area contributed by atoms with E-state index in [-0.39, 0.29) is 5.69 Å². The average Bonchev–Trinajstić information content (AvgIpc) is 2.45. The number of hydrogen-bond donors (Lipinski definition) is 0. The Kier molecular flexibility index (Phi) is 3.80. The zero-order chi connectivity index (χ0) is 13.8. The molecule has 0 aliphatic rings. The monoisotopic (exact) mass is 257 g/mol. The summed E-state index contributed by atoms with van der Waals surface area (Å²) in [5.41, 5.74) is 1.87. The molecule has 0 atom stereocenters. The number of methoxy groups -OCH3 is 1. The molecule has 0 N–H and O–H groups in total. The van der Waals surface area contributed by atoms with E-state index in [0.717, 1.165) is 17.0 Å². The lowest BCUT2D eigenvalue weighted by atomic mass is 10.2. The minimum atomic E-state index is -0.0446. The molecule has 4 nitrogen and oxygen atoms in total. The second kappa shape index (κ2) is 5.52. The molecule has 0 fully saturated rings. The summed E-state index contributed by atoms with van der Waals surface area (Å²) in [5.74, 6) is 0.830. The standard InChI is InChI=1S/C15H17N2O2/c1-16-11-10-13(17(2)15(16)18)7-4-12-5-8-14(19-3)9-6-12/h4-11H,1-3H3/q+1/b7-4+. The van der Waals surface area contributed by atoms with E-state index in [1.807, 2.05) is 42.5 Å². The highest BCUT2D eigenvalue weighted by Gasteiger charge is 2.06. The third-order valence-electron chi connectivity index (χ3n) is 3.01. The molecular formula is C15H17N2O2+. The van der Waals surface area contributed by atoms with Gasteiger partial charge >= 0.3 is 5.69 Å². The first kappa shape index (κ1) is 13.1. The summed E-state index contributed by atoms with van der Waals surface area (Å²) in [6.07, 6.45) is 5.65. The van der Waals surface area contributed by atoms with Gasteiger partial charge in [-0.25, -0.2) is 4.57 Å². The van der Waals surface area contributed by atoms with Gasteiger partial charge in [0.15, 0.2) is 0 Å². The summed E-state index contributed by atoms with van der Waals surface area (Å²) < 4.78 is 8.27. The lowest BCUT2D eigenvalue weighted by Crippen LogP contribution is -2.50. The Bertz CT molecular complexity index is 655. The van der Waals surface area contributed by atoms with Gasteiger partial charge in [-0.1, -0.05) is 18.2 Å². The summed E-state index contributed by atoms with van der Waals surface area (Å²) in [7, 11) is 5.14. The summed E-state index contributed by atoms with van der Waals surface area (Å²) in [4.78, 5) is 11.8.